The van der Waals surface area contributed by atoms with Crippen molar-refractivity contribution in [1.29, 1.82) is 0 Å². The molecule has 0 aliphatic carbocycles. The molecule has 0 unspecified atom stereocenters. The Morgan fingerprint density at radius 1 is 0.533 bits per heavy atom. The number of H-pyrrole nitrogens is 4. The molecule has 5 N–H and O–H groups in total. The summed E-state index contributed by atoms with van der Waals surface area (Å²) in [5, 5.41) is 29.1. The number of hydrogen-bond acceptors (Lipinski definition) is 12. The Bertz CT molecular complexity index is 3680. The maximum absolute atomic E-state index is 13.1. The van der Waals surface area contributed by atoms with Crippen molar-refractivity contribution in [2.24, 2.45) is 4.99 Å². The summed E-state index contributed by atoms with van der Waals surface area (Å²) in [4.78, 5) is 60.7. The highest BCUT2D eigenvalue weighted by Gasteiger charge is 2.33. The lowest BCUT2D eigenvalue weighted by atomic mass is 9.98. The summed E-state index contributed by atoms with van der Waals surface area (Å²) in [6, 6.07) is 31.6. The van der Waals surface area contributed by atoms with Crippen molar-refractivity contribution in [3.63, 3.8) is 0 Å². The number of Topliss-reactive ketones (excluding diaryl/α,β-unsaturated/α-hetero) is 3. The van der Waals surface area contributed by atoms with Crippen molar-refractivity contribution in [1.82, 2.24) is 55.5 Å². The van der Waals surface area contributed by atoms with Gasteiger partial charge in [0.15, 0.2) is 34.8 Å². The number of phenolic OH excluding ortho intramolecular Hbond substituents is 1. The van der Waals surface area contributed by atoms with Crippen molar-refractivity contribution in [3.8, 4) is 39.9 Å². The standard InChI is InChI=1S/C18H12F3N5O.C18H14N4O.C17H12F3N3O2/c19-18(20,21)12-6-13(16-14(7-12)22-8-23-16)15(27)5-10-2-1-3-11(4-10)17-24-9-25-26-17;23-17(13-4-5-15-9-19-10-16(15)8-13)7-12-2-1-3-14(6-12)18-20-11-21-22-18;18-17(19,20)13-6-12(7-14(24)8-13)15(25)5-10-2-1-3-11(4-10)16-21-9-22-23-16/h1-4,6-9H,5H2,(H,22,23)(H,24,25,26);1-6,8,10-11H,7,9H2,(H,20,21,22);1-4,6-9,24H,5H2,(H,21,22,23). The van der Waals surface area contributed by atoms with Gasteiger partial charge in [-0.1, -0.05) is 66.7 Å². The van der Waals surface area contributed by atoms with E-state index in [4.69, 9.17) is 0 Å². The molecule has 16 nitrogen and oxygen atoms in total. The van der Waals surface area contributed by atoms with E-state index in [1.807, 2.05) is 48.7 Å². The summed E-state index contributed by atoms with van der Waals surface area (Å²) in [5.74, 6) is 0.276. The Hall–Kier alpha value is -9.73. The molecule has 0 radical (unpaired) electrons. The summed E-state index contributed by atoms with van der Waals surface area (Å²) in [5.41, 5.74) is 5.69. The summed E-state index contributed by atoms with van der Waals surface area (Å²) >= 11 is 0. The second kappa shape index (κ2) is 21.5. The molecular formula is C53H38F6N12O4. The molecule has 0 saturated carbocycles. The molecule has 22 heteroatoms. The first kappa shape index (κ1) is 50.2. The predicted octanol–water partition coefficient (Wildman–Crippen LogP) is 10.2. The number of nitrogens with zero attached hydrogens (tertiary/aromatic N) is 8. The van der Waals surface area contributed by atoms with Crippen LogP contribution in [-0.2, 0) is 38.2 Å². The van der Waals surface area contributed by atoms with Gasteiger partial charge in [0.2, 0.25) is 0 Å². The van der Waals surface area contributed by atoms with Gasteiger partial charge in [0.25, 0.3) is 0 Å². The Morgan fingerprint density at radius 2 is 1.04 bits per heavy atom. The molecule has 0 bridgehead atoms. The smallest absolute Gasteiger partial charge is 0.416 e. The third kappa shape index (κ3) is 12.3. The van der Waals surface area contributed by atoms with E-state index in [1.54, 1.807) is 48.5 Å². The first-order valence-electron chi connectivity index (χ1n) is 22.6. The van der Waals surface area contributed by atoms with Crippen LogP contribution in [0.5, 0.6) is 5.75 Å². The summed E-state index contributed by atoms with van der Waals surface area (Å²) in [6.07, 6.45) is -1.73. The average molecular weight is 1020 g/mol. The van der Waals surface area contributed by atoms with Gasteiger partial charge in [-0.25, -0.2) is 19.9 Å². The normalized spacial score (nSPS) is 11.9. The van der Waals surface area contributed by atoms with Gasteiger partial charge in [0.05, 0.1) is 35.0 Å². The summed E-state index contributed by atoms with van der Waals surface area (Å²) in [6.45, 7) is 0.711. The van der Waals surface area contributed by atoms with Crippen molar-refractivity contribution in [3.05, 3.63) is 202 Å². The number of nitrogens with one attached hydrogen (secondary N) is 4. The zero-order valence-corrected chi connectivity index (χ0v) is 38.8. The van der Waals surface area contributed by atoms with Gasteiger partial charge < -0.3 is 10.1 Å². The number of alkyl halides is 6. The fraction of sp³-hybridized carbons (Fsp3) is 0.113. The minimum absolute atomic E-state index is 0.0638. The fourth-order valence-corrected chi connectivity index (χ4v) is 8.01. The molecule has 11 rings (SSSR count). The summed E-state index contributed by atoms with van der Waals surface area (Å²) < 4.78 is 77.8. The number of halogens is 6. The zero-order valence-electron chi connectivity index (χ0n) is 38.8. The highest BCUT2D eigenvalue weighted by atomic mass is 19.4. The molecule has 0 fully saturated rings. The molecule has 10 aromatic rings. The highest BCUT2D eigenvalue weighted by Crippen LogP contribution is 2.34. The molecule has 5 heterocycles. The number of aromatic nitrogens is 11. The Labute approximate surface area is 420 Å². The van der Waals surface area contributed by atoms with Crippen LogP contribution in [0.1, 0.15) is 70.0 Å². The van der Waals surface area contributed by atoms with E-state index in [0.29, 0.717) is 53.2 Å². The number of phenols is 1. The lowest BCUT2D eigenvalue weighted by Crippen LogP contribution is -2.10. The Kier molecular flexibility index (Phi) is 14.4. The zero-order chi connectivity index (χ0) is 52.7. The lowest BCUT2D eigenvalue weighted by Gasteiger charge is -2.10. The number of carbonyl (C=O) groups is 3. The van der Waals surface area contributed by atoms with Gasteiger partial charge in [0, 0.05) is 58.9 Å². The highest BCUT2D eigenvalue weighted by molar-refractivity contribution is 6.07. The topological polar surface area (TPSA) is 237 Å². The largest absolute Gasteiger partial charge is 0.508 e. The third-order valence-corrected chi connectivity index (χ3v) is 11.6. The van der Waals surface area contributed by atoms with Crippen molar-refractivity contribution < 1.29 is 45.8 Å². The number of rotatable bonds is 12. The van der Waals surface area contributed by atoms with Gasteiger partial charge in [-0.3, -0.25) is 34.7 Å². The predicted molar refractivity (Wildman–Crippen MR) is 262 cm³/mol. The van der Waals surface area contributed by atoms with E-state index in [-0.39, 0.29) is 40.8 Å². The average Bonchev–Trinajstić information content (AvgIpc) is 4.26. The number of carbonyl (C=O) groups excluding carboxylic acids is 3. The molecule has 1 aliphatic heterocycles. The third-order valence-electron chi connectivity index (χ3n) is 11.6. The molecule has 0 saturated heterocycles. The van der Waals surface area contributed by atoms with Crippen LogP contribution in [0.4, 0.5) is 26.3 Å². The minimum atomic E-state index is -4.64. The van der Waals surface area contributed by atoms with E-state index >= 15 is 0 Å². The minimum Gasteiger partial charge on any atom is -0.508 e. The number of fused-ring (bicyclic) bond motifs is 2. The Morgan fingerprint density at radius 3 is 1.55 bits per heavy atom. The van der Waals surface area contributed by atoms with Crippen LogP contribution in [0.15, 0.2) is 152 Å². The van der Waals surface area contributed by atoms with Crippen LogP contribution in [0.3, 0.4) is 0 Å². The van der Waals surface area contributed by atoms with Gasteiger partial charge in [0.1, 0.15) is 24.7 Å². The number of imidazole rings is 1. The molecule has 1 aliphatic rings. The van der Waals surface area contributed by atoms with Crippen LogP contribution in [0, 0.1) is 0 Å². The van der Waals surface area contributed by atoms with E-state index in [9.17, 15) is 45.8 Å². The van der Waals surface area contributed by atoms with Gasteiger partial charge in [-0.05, 0) is 82.4 Å². The molecular weight excluding hydrogens is 983 g/mol. The SMILES string of the molecule is O=C(Cc1cccc(-c2ncn[nH]2)c1)c1cc(C(F)(F)F)cc2[nH]cnc12.O=C(Cc1cccc(-c2ncn[nH]2)c1)c1cc(O)cc(C(F)(F)F)c1.O=C(Cc1cccc(-c2ncn[nH]2)c1)c1ccc2c(c1)C=NC2. The molecule has 0 spiro atoms. The number of aromatic amines is 4. The monoisotopic (exact) mass is 1020 g/mol. The first-order chi connectivity index (χ1) is 36.0. The lowest BCUT2D eigenvalue weighted by molar-refractivity contribution is -0.138. The molecule has 0 atom stereocenters. The number of hydrogen-bond donors (Lipinski definition) is 5. The van der Waals surface area contributed by atoms with Crippen molar-refractivity contribution in [2.45, 2.75) is 38.2 Å². The van der Waals surface area contributed by atoms with E-state index in [0.717, 1.165) is 52.1 Å². The molecule has 4 aromatic heterocycles. The molecule has 0 amide bonds. The van der Waals surface area contributed by atoms with Gasteiger partial charge >= 0.3 is 12.4 Å². The maximum Gasteiger partial charge on any atom is 0.416 e. The number of aromatic hydroxyl groups is 1. The van der Waals surface area contributed by atoms with Crippen LogP contribution in [0.25, 0.3) is 45.2 Å². The second-order valence-electron chi connectivity index (χ2n) is 16.9. The Balaban J connectivity index is 0.000000138. The van der Waals surface area contributed by atoms with Crippen molar-refractivity contribution >= 4 is 34.6 Å². The van der Waals surface area contributed by atoms with E-state index < -0.39 is 40.8 Å². The van der Waals surface area contributed by atoms with Crippen LogP contribution < -0.4 is 0 Å². The van der Waals surface area contributed by atoms with Crippen LogP contribution in [0.2, 0.25) is 0 Å². The maximum atomic E-state index is 13.1. The van der Waals surface area contributed by atoms with E-state index in [2.05, 4.69) is 60.5 Å². The van der Waals surface area contributed by atoms with Crippen LogP contribution >= 0.6 is 0 Å². The first-order valence-corrected chi connectivity index (χ1v) is 22.6. The fourth-order valence-electron chi connectivity index (χ4n) is 8.01. The number of benzene rings is 6. The van der Waals surface area contributed by atoms with E-state index in [1.165, 1.54) is 30.9 Å². The molecule has 6 aromatic carbocycles. The van der Waals surface area contributed by atoms with Gasteiger partial charge in [-0.15, -0.1) is 0 Å². The number of aliphatic imine (C=N–C) groups is 1. The van der Waals surface area contributed by atoms with Gasteiger partial charge in [-0.2, -0.15) is 41.6 Å². The summed E-state index contributed by atoms with van der Waals surface area (Å²) in [7, 11) is 0. The quantitative estimate of drug-likeness (QED) is 0.0570. The van der Waals surface area contributed by atoms with Crippen LogP contribution in [-0.4, -0.2) is 84.2 Å². The molecule has 75 heavy (non-hydrogen) atoms. The van der Waals surface area contributed by atoms with Crippen molar-refractivity contribution in [2.75, 3.05) is 0 Å². The second-order valence-corrected chi connectivity index (χ2v) is 16.9. The number of ketones is 3. The molecule has 376 valence electrons.